The number of hydrogen-bond acceptors (Lipinski definition) is 4. The first-order chi connectivity index (χ1) is 8.43. The van der Waals surface area contributed by atoms with Crippen molar-refractivity contribution >= 4 is 18.0 Å². The smallest absolute Gasteiger partial charge is 0.239 e. The molecule has 0 atom stereocenters. The lowest BCUT2D eigenvalue weighted by molar-refractivity contribution is -0.120. The highest BCUT2D eigenvalue weighted by Gasteiger charge is 2.11. The van der Waals surface area contributed by atoms with Crippen LogP contribution in [0.5, 0.6) is 0 Å². The van der Waals surface area contributed by atoms with Gasteiger partial charge in [0.05, 0.1) is 6.54 Å². The Morgan fingerprint density at radius 1 is 1.56 bits per heavy atom. The Hall–Kier alpha value is -1.91. The van der Waals surface area contributed by atoms with Crippen molar-refractivity contribution in [3.8, 4) is 0 Å². The Balaban J connectivity index is 2.75. The lowest BCUT2D eigenvalue weighted by Gasteiger charge is -2.20. The predicted molar refractivity (Wildman–Crippen MR) is 70.9 cm³/mol. The summed E-state index contributed by atoms with van der Waals surface area (Å²) < 4.78 is 0. The number of likely N-dealkylation sites (N-methyl/N-ethyl adjacent to an activating group) is 1. The molecule has 1 rings (SSSR count). The van der Waals surface area contributed by atoms with Gasteiger partial charge in [-0.25, -0.2) is 4.98 Å². The Morgan fingerprint density at radius 3 is 2.72 bits per heavy atom. The molecule has 5 nitrogen and oxygen atoms in total. The summed E-state index contributed by atoms with van der Waals surface area (Å²) in [6.45, 7) is 5.94. The van der Waals surface area contributed by atoms with E-state index in [2.05, 4.69) is 10.3 Å². The first-order valence-electron chi connectivity index (χ1n) is 5.86. The molecule has 0 aliphatic rings. The number of aryl methyl sites for hydroxylation is 1. The second kappa shape index (κ2) is 6.14. The van der Waals surface area contributed by atoms with E-state index < -0.39 is 0 Å². The maximum absolute atomic E-state index is 11.6. The molecule has 0 bridgehead atoms. The molecule has 1 heterocycles. The van der Waals surface area contributed by atoms with Crippen molar-refractivity contribution < 1.29 is 9.59 Å². The molecular formula is C13H19N3O2. The fourth-order valence-corrected chi connectivity index (χ4v) is 1.71. The third kappa shape index (κ3) is 3.84. The molecule has 0 saturated heterocycles. The number of carbonyl (C=O) groups excluding carboxylic acids is 2. The number of nitrogens with one attached hydrogen (secondary N) is 1. The van der Waals surface area contributed by atoms with Gasteiger partial charge in [-0.1, -0.05) is 0 Å². The van der Waals surface area contributed by atoms with Gasteiger partial charge in [0, 0.05) is 24.8 Å². The molecule has 0 aliphatic heterocycles. The van der Waals surface area contributed by atoms with Crippen LogP contribution < -0.4 is 10.2 Å². The Labute approximate surface area is 107 Å². The van der Waals surface area contributed by atoms with Crippen LogP contribution in [-0.4, -0.2) is 36.8 Å². The Kier molecular flexibility index (Phi) is 4.83. The van der Waals surface area contributed by atoms with Gasteiger partial charge in [0.25, 0.3) is 0 Å². The van der Waals surface area contributed by atoms with E-state index >= 15 is 0 Å². The molecule has 0 aromatic carbocycles. The molecule has 1 N–H and O–H groups in total. The topological polar surface area (TPSA) is 62.3 Å². The van der Waals surface area contributed by atoms with Gasteiger partial charge in [-0.2, -0.15) is 0 Å². The van der Waals surface area contributed by atoms with Crippen LogP contribution in [-0.2, 0) is 4.79 Å². The molecule has 0 spiro atoms. The number of hydrogen-bond donors (Lipinski definition) is 1. The van der Waals surface area contributed by atoms with Crippen LogP contribution in [0.3, 0.4) is 0 Å². The molecule has 98 valence electrons. The van der Waals surface area contributed by atoms with Crippen LogP contribution in [0.15, 0.2) is 12.3 Å². The first-order valence-corrected chi connectivity index (χ1v) is 5.86. The summed E-state index contributed by atoms with van der Waals surface area (Å²) in [5, 5.41) is 2.82. The first kappa shape index (κ1) is 14.2. The zero-order chi connectivity index (χ0) is 13.7. The van der Waals surface area contributed by atoms with Gasteiger partial charge in [-0.05, 0) is 32.4 Å². The third-order valence-corrected chi connectivity index (χ3v) is 2.40. The van der Waals surface area contributed by atoms with Crippen LogP contribution in [0.2, 0.25) is 0 Å². The van der Waals surface area contributed by atoms with Crippen molar-refractivity contribution in [1.82, 2.24) is 10.3 Å². The lowest BCUT2D eigenvalue weighted by atomic mass is 10.2. The van der Waals surface area contributed by atoms with Gasteiger partial charge in [-0.3, -0.25) is 9.59 Å². The van der Waals surface area contributed by atoms with Gasteiger partial charge in [0.2, 0.25) is 5.91 Å². The van der Waals surface area contributed by atoms with Gasteiger partial charge in [0.15, 0.2) is 6.29 Å². The molecule has 18 heavy (non-hydrogen) atoms. The van der Waals surface area contributed by atoms with Crippen LogP contribution >= 0.6 is 0 Å². The molecular weight excluding hydrogens is 230 g/mol. The van der Waals surface area contributed by atoms with Crippen LogP contribution in [0, 0.1) is 6.92 Å². The summed E-state index contributed by atoms with van der Waals surface area (Å²) in [5.41, 5.74) is 1.41. The van der Waals surface area contributed by atoms with Crippen molar-refractivity contribution in [3.05, 3.63) is 23.4 Å². The normalized spacial score (nSPS) is 10.3. The fraction of sp³-hybridized carbons (Fsp3) is 0.462. The molecule has 1 aromatic heterocycles. The number of pyridine rings is 1. The summed E-state index contributed by atoms with van der Waals surface area (Å²) in [6, 6.07) is 1.88. The molecule has 0 fully saturated rings. The number of carbonyl (C=O) groups is 2. The molecule has 0 saturated carbocycles. The predicted octanol–water partition coefficient (Wildman–Crippen LogP) is 1.16. The number of nitrogens with zero attached hydrogens (tertiary/aromatic N) is 2. The molecule has 1 amide bonds. The largest absolute Gasteiger partial charge is 0.352 e. The van der Waals surface area contributed by atoms with Crippen LogP contribution in [0.1, 0.15) is 29.8 Å². The van der Waals surface area contributed by atoms with E-state index in [4.69, 9.17) is 0 Å². The number of rotatable bonds is 5. The van der Waals surface area contributed by atoms with Gasteiger partial charge < -0.3 is 10.2 Å². The molecule has 0 unspecified atom stereocenters. The van der Waals surface area contributed by atoms with E-state index in [9.17, 15) is 9.59 Å². The van der Waals surface area contributed by atoms with Crippen molar-refractivity contribution in [3.63, 3.8) is 0 Å². The zero-order valence-electron chi connectivity index (χ0n) is 11.2. The number of aromatic nitrogens is 1. The molecule has 1 aromatic rings. The average Bonchev–Trinajstić information content (AvgIpc) is 2.27. The highest BCUT2D eigenvalue weighted by molar-refractivity contribution is 5.81. The quantitative estimate of drug-likeness (QED) is 0.795. The minimum Gasteiger partial charge on any atom is -0.352 e. The van der Waals surface area contributed by atoms with E-state index in [-0.39, 0.29) is 18.5 Å². The van der Waals surface area contributed by atoms with Gasteiger partial charge in [0.1, 0.15) is 5.82 Å². The standard InChI is InChI=1S/C13H19N3O2/c1-9(2)15-12(18)7-16(4)13-10(3)5-11(8-17)6-14-13/h5-6,8-9H,7H2,1-4H3,(H,15,18). The summed E-state index contributed by atoms with van der Waals surface area (Å²) >= 11 is 0. The van der Waals surface area contributed by atoms with Crippen molar-refractivity contribution in [1.29, 1.82) is 0 Å². The average molecular weight is 249 g/mol. The van der Waals surface area contributed by atoms with E-state index in [0.29, 0.717) is 11.4 Å². The van der Waals surface area contributed by atoms with E-state index in [1.807, 2.05) is 20.8 Å². The lowest BCUT2D eigenvalue weighted by Crippen LogP contribution is -2.39. The number of amides is 1. The zero-order valence-corrected chi connectivity index (χ0v) is 11.2. The van der Waals surface area contributed by atoms with Gasteiger partial charge in [-0.15, -0.1) is 0 Å². The highest BCUT2D eigenvalue weighted by atomic mass is 16.2. The Bertz CT molecular complexity index is 444. The van der Waals surface area contributed by atoms with Crippen LogP contribution in [0.25, 0.3) is 0 Å². The van der Waals surface area contributed by atoms with Crippen LogP contribution in [0.4, 0.5) is 5.82 Å². The minimum absolute atomic E-state index is 0.0480. The monoisotopic (exact) mass is 249 g/mol. The maximum Gasteiger partial charge on any atom is 0.239 e. The maximum atomic E-state index is 11.6. The van der Waals surface area contributed by atoms with E-state index in [1.54, 1.807) is 18.0 Å². The summed E-state index contributed by atoms with van der Waals surface area (Å²) in [6.07, 6.45) is 2.27. The molecule has 0 aliphatic carbocycles. The number of aldehydes is 1. The SMILES string of the molecule is Cc1cc(C=O)cnc1N(C)CC(=O)NC(C)C. The van der Waals surface area contributed by atoms with E-state index in [0.717, 1.165) is 11.8 Å². The summed E-state index contributed by atoms with van der Waals surface area (Å²) in [5.74, 6) is 0.660. The van der Waals surface area contributed by atoms with Crippen molar-refractivity contribution in [2.45, 2.75) is 26.8 Å². The minimum atomic E-state index is -0.0480. The summed E-state index contributed by atoms with van der Waals surface area (Å²) in [7, 11) is 1.80. The highest BCUT2D eigenvalue weighted by Crippen LogP contribution is 2.15. The van der Waals surface area contributed by atoms with Gasteiger partial charge >= 0.3 is 0 Å². The second-order valence-corrected chi connectivity index (χ2v) is 4.61. The fourth-order valence-electron chi connectivity index (χ4n) is 1.71. The van der Waals surface area contributed by atoms with Crippen molar-refractivity contribution in [2.75, 3.05) is 18.5 Å². The van der Waals surface area contributed by atoms with Crippen molar-refractivity contribution in [2.24, 2.45) is 0 Å². The Morgan fingerprint density at radius 2 is 2.22 bits per heavy atom. The number of anilines is 1. The second-order valence-electron chi connectivity index (χ2n) is 4.61. The van der Waals surface area contributed by atoms with E-state index in [1.165, 1.54) is 6.20 Å². The third-order valence-electron chi connectivity index (χ3n) is 2.40. The molecule has 5 heteroatoms. The molecule has 0 radical (unpaired) electrons. The summed E-state index contributed by atoms with van der Waals surface area (Å²) in [4.78, 5) is 28.2.